The van der Waals surface area contributed by atoms with Gasteiger partial charge in [0.05, 0.1) is 5.60 Å². The Bertz CT molecular complexity index is 1120. The summed E-state index contributed by atoms with van der Waals surface area (Å²) >= 11 is 0. The summed E-state index contributed by atoms with van der Waals surface area (Å²) in [5, 5.41) is 0. The highest BCUT2D eigenvalue weighted by molar-refractivity contribution is 6.70. The zero-order valence-electron chi connectivity index (χ0n) is 31.7. The van der Waals surface area contributed by atoms with E-state index in [1.54, 1.807) is 26.6 Å². The molecule has 3 unspecified atom stereocenters. The average molecular weight is 637 g/mol. The van der Waals surface area contributed by atoms with Gasteiger partial charge in [-0.3, -0.25) is 4.79 Å². The van der Waals surface area contributed by atoms with Crippen LogP contribution in [0.3, 0.4) is 0 Å². The SMILES string of the molecule is [2H]C([2H])([2H])C(CCC[C@](C)(CC=CC(O[Si](C)(C)C)(C(F)(F)F)C(F)(F)F)C1(C)CCC2C(=O)CCCC21)(O[Si](C)(C)C)C([2H])([2H])[2H]. The minimum atomic E-state index is -5.82. The number of hydrogen-bond acceptors (Lipinski definition) is 3. The molecule has 0 radical (unpaired) electrons. The molecule has 0 heterocycles. The molecule has 0 spiro atoms. The molecule has 2 rings (SSSR count). The second-order valence-corrected chi connectivity index (χ2v) is 23.4. The van der Waals surface area contributed by atoms with E-state index < -0.39 is 71.1 Å². The van der Waals surface area contributed by atoms with Crippen LogP contribution in [0.5, 0.6) is 0 Å². The summed E-state index contributed by atoms with van der Waals surface area (Å²) < 4.78 is 146. The molecule has 0 aliphatic heterocycles. The Morgan fingerprint density at radius 1 is 0.951 bits per heavy atom. The Morgan fingerprint density at radius 2 is 1.51 bits per heavy atom. The molecular formula is C30H52F6O3Si2. The second-order valence-electron chi connectivity index (χ2n) is 14.5. The molecule has 0 aromatic heterocycles. The van der Waals surface area contributed by atoms with Crippen molar-refractivity contribution >= 4 is 22.4 Å². The number of fused-ring (bicyclic) bond motifs is 1. The lowest BCUT2D eigenvalue weighted by Gasteiger charge is -2.50. The van der Waals surface area contributed by atoms with E-state index in [1.807, 2.05) is 6.92 Å². The fraction of sp³-hybridized carbons (Fsp3) is 0.900. The van der Waals surface area contributed by atoms with Crippen molar-refractivity contribution in [1.82, 2.24) is 0 Å². The number of allylic oxidation sites excluding steroid dienone is 1. The van der Waals surface area contributed by atoms with Gasteiger partial charge < -0.3 is 8.85 Å². The highest BCUT2D eigenvalue weighted by atomic mass is 28.4. The Hall–Kier alpha value is -0.656. The second kappa shape index (κ2) is 12.0. The fourth-order valence-corrected chi connectivity index (χ4v) is 9.42. The molecule has 0 N–H and O–H groups in total. The maximum absolute atomic E-state index is 14.3. The predicted octanol–water partition coefficient (Wildman–Crippen LogP) is 10.2. The van der Waals surface area contributed by atoms with E-state index in [0.29, 0.717) is 32.1 Å². The first-order valence-corrected chi connectivity index (χ1v) is 21.2. The van der Waals surface area contributed by atoms with Gasteiger partial charge in [0.2, 0.25) is 0 Å². The van der Waals surface area contributed by atoms with Crippen LogP contribution in [0.1, 0.15) is 93.6 Å². The number of carbonyl (C=O) groups excluding carboxylic acids is 1. The molecule has 2 aliphatic carbocycles. The third-order valence-electron chi connectivity index (χ3n) is 8.98. The van der Waals surface area contributed by atoms with Crippen LogP contribution < -0.4 is 0 Å². The minimum absolute atomic E-state index is 0.0401. The largest absolute Gasteiger partial charge is 0.429 e. The minimum Gasteiger partial charge on any atom is -0.413 e. The number of alkyl halides is 6. The number of Topliss-reactive ketones (excluding diaryl/α,β-unsaturated/α-hetero) is 1. The van der Waals surface area contributed by atoms with E-state index in [4.69, 9.17) is 17.1 Å². The van der Waals surface area contributed by atoms with Gasteiger partial charge >= 0.3 is 12.4 Å². The van der Waals surface area contributed by atoms with Gasteiger partial charge in [-0.15, -0.1) is 0 Å². The normalized spacial score (nSPS) is 29.7. The first-order chi connectivity index (χ1) is 20.7. The molecule has 0 saturated heterocycles. The first kappa shape index (κ1) is 27.9. The van der Waals surface area contributed by atoms with E-state index in [1.165, 1.54) is 19.6 Å². The van der Waals surface area contributed by atoms with E-state index in [2.05, 4.69) is 0 Å². The summed E-state index contributed by atoms with van der Waals surface area (Å²) in [5.74, 6) is -0.369. The quantitative estimate of drug-likeness (QED) is 0.121. The van der Waals surface area contributed by atoms with Crippen molar-refractivity contribution in [3.63, 3.8) is 0 Å². The van der Waals surface area contributed by atoms with Gasteiger partial charge in [0.25, 0.3) is 5.60 Å². The first-order valence-electron chi connectivity index (χ1n) is 17.4. The van der Waals surface area contributed by atoms with Crippen LogP contribution in [0.25, 0.3) is 0 Å². The summed E-state index contributed by atoms with van der Waals surface area (Å²) in [4.78, 5) is 12.9. The zero-order valence-corrected chi connectivity index (χ0v) is 27.7. The lowest BCUT2D eigenvalue weighted by molar-refractivity contribution is -0.340. The van der Waals surface area contributed by atoms with Crippen LogP contribution in [-0.2, 0) is 13.6 Å². The molecule has 2 saturated carbocycles. The number of ketones is 1. The summed E-state index contributed by atoms with van der Waals surface area (Å²) in [6.07, 6.45) is -8.66. The van der Waals surface area contributed by atoms with Crippen LogP contribution in [-0.4, -0.2) is 46.0 Å². The number of halogens is 6. The molecule has 41 heavy (non-hydrogen) atoms. The van der Waals surface area contributed by atoms with Crippen LogP contribution >= 0.6 is 0 Å². The molecule has 4 atom stereocenters. The molecule has 0 bridgehead atoms. The zero-order chi connectivity index (χ0) is 36.9. The molecular weight excluding hydrogens is 578 g/mol. The molecule has 0 amide bonds. The van der Waals surface area contributed by atoms with E-state index >= 15 is 0 Å². The average Bonchev–Trinajstić information content (AvgIpc) is 3.18. The highest BCUT2D eigenvalue weighted by Gasteiger charge is 2.71. The topological polar surface area (TPSA) is 35.5 Å². The molecule has 240 valence electrons. The van der Waals surface area contributed by atoms with Crippen molar-refractivity contribution in [1.29, 1.82) is 0 Å². The van der Waals surface area contributed by atoms with Crippen LogP contribution in [0, 0.1) is 22.7 Å². The maximum Gasteiger partial charge on any atom is 0.429 e. The van der Waals surface area contributed by atoms with Crippen molar-refractivity contribution in [3.05, 3.63) is 12.2 Å². The Morgan fingerprint density at radius 3 is 2.00 bits per heavy atom. The third-order valence-corrected chi connectivity index (χ3v) is 10.9. The molecule has 2 aliphatic rings. The lowest BCUT2D eigenvalue weighted by atomic mass is 9.54. The van der Waals surface area contributed by atoms with Crippen molar-refractivity contribution < 1.29 is 48.2 Å². The van der Waals surface area contributed by atoms with Crippen LogP contribution in [0.15, 0.2) is 12.2 Å². The summed E-state index contributed by atoms with van der Waals surface area (Å²) in [6, 6.07) is 0. The number of carbonyl (C=O) groups is 1. The Kier molecular flexibility index (Phi) is 8.17. The van der Waals surface area contributed by atoms with Crippen LogP contribution in [0.4, 0.5) is 26.3 Å². The summed E-state index contributed by atoms with van der Waals surface area (Å²) in [7, 11) is -6.19. The van der Waals surface area contributed by atoms with Gasteiger partial charge in [-0.05, 0) is 121 Å². The number of rotatable bonds is 12. The molecule has 2 fully saturated rings. The van der Waals surface area contributed by atoms with Crippen molar-refractivity contribution in [2.75, 3.05) is 0 Å². The third kappa shape index (κ3) is 8.50. The van der Waals surface area contributed by atoms with Crippen molar-refractivity contribution in [2.24, 2.45) is 22.7 Å². The molecule has 0 aromatic carbocycles. The summed E-state index contributed by atoms with van der Waals surface area (Å²) in [6.45, 7) is 6.26. The van der Waals surface area contributed by atoms with Gasteiger partial charge in [-0.1, -0.05) is 26.3 Å². The van der Waals surface area contributed by atoms with E-state index in [0.717, 1.165) is 6.08 Å². The fourth-order valence-electron chi connectivity index (χ4n) is 7.01. The van der Waals surface area contributed by atoms with Crippen LogP contribution in [0.2, 0.25) is 39.3 Å². The van der Waals surface area contributed by atoms with Crippen molar-refractivity contribution in [2.45, 2.75) is 148 Å². The smallest absolute Gasteiger partial charge is 0.413 e. The van der Waals surface area contributed by atoms with E-state index in [9.17, 15) is 31.1 Å². The van der Waals surface area contributed by atoms with Crippen molar-refractivity contribution in [3.8, 4) is 0 Å². The van der Waals surface area contributed by atoms with Gasteiger partial charge in [0.1, 0.15) is 5.78 Å². The summed E-state index contributed by atoms with van der Waals surface area (Å²) in [5.41, 5.74) is -8.82. The molecule has 0 aromatic rings. The van der Waals surface area contributed by atoms with Gasteiger partial charge in [0.15, 0.2) is 16.6 Å². The molecule has 11 heteroatoms. The lowest BCUT2D eigenvalue weighted by Crippen LogP contribution is -2.61. The standard InChI is InChI=1S/C30H52F6O3Si2/c1-25(2,38-40(5,6)7)17-12-18-26(3,27(4)21-16-22-23(27)14-11-15-24(22)37)19-13-20-28(29(31,32)33,30(34,35)36)39-41(8,9)10/h13,20,22-23H,11-12,14-19,21H2,1-10H3/t22?,23?,26-,27?/m1/s1/i1D3,2D3. The Balaban J connectivity index is 2.66. The van der Waals surface area contributed by atoms with Gasteiger partial charge in [-0.25, -0.2) is 0 Å². The van der Waals surface area contributed by atoms with Gasteiger partial charge in [0, 0.05) is 20.6 Å². The van der Waals surface area contributed by atoms with Gasteiger partial charge in [-0.2, -0.15) is 26.3 Å². The predicted molar refractivity (Wildman–Crippen MR) is 157 cm³/mol. The Labute approximate surface area is 253 Å². The van der Waals surface area contributed by atoms with E-state index in [-0.39, 0.29) is 43.0 Å². The number of hydrogen-bond donors (Lipinski definition) is 0. The maximum atomic E-state index is 14.3. The molecule has 3 nitrogen and oxygen atoms in total. The monoisotopic (exact) mass is 636 g/mol. The highest BCUT2D eigenvalue weighted by Crippen LogP contribution is 2.63.